The van der Waals surface area contributed by atoms with Crippen LogP contribution < -0.4 is 5.32 Å². The first kappa shape index (κ1) is 19.1. The smallest absolute Gasteiger partial charge is 0.254 e. The van der Waals surface area contributed by atoms with E-state index in [-0.39, 0.29) is 18.4 Å². The second-order valence-corrected chi connectivity index (χ2v) is 7.07. The third-order valence-corrected chi connectivity index (χ3v) is 4.68. The molecule has 3 rings (SSSR count). The first-order valence-electron chi connectivity index (χ1n) is 9.31. The van der Waals surface area contributed by atoms with Gasteiger partial charge in [-0.2, -0.15) is 0 Å². The van der Waals surface area contributed by atoms with Crippen LogP contribution in [-0.4, -0.2) is 53.5 Å². The maximum atomic E-state index is 12.5. The van der Waals surface area contributed by atoms with Gasteiger partial charge in [-0.05, 0) is 50.6 Å². The summed E-state index contributed by atoms with van der Waals surface area (Å²) < 4.78 is 4.90. The van der Waals surface area contributed by atoms with Gasteiger partial charge >= 0.3 is 0 Å². The molecule has 0 spiro atoms. The summed E-state index contributed by atoms with van der Waals surface area (Å²) in [6.07, 6.45) is 3.84. The summed E-state index contributed by atoms with van der Waals surface area (Å²) in [6, 6.07) is 9.27. The van der Waals surface area contributed by atoms with Crippen molar-refractivity contribution in [1.29, 1.82) is 0 Å². The Bertz CT molecular complexity index is 779. The Kier molecular flexibility index (Phi) is 6.24. The molecule has 0 radical (unpaired) electrons. The van der Waals surface area contributed by atoms with E-state index in [1.165, 1.54) is 29.7 Å². The Morgan fingerprint density at radius 2 is 1.89 bits per heavy atom. The summed E-state index contributed by atoms with van der Waals surface area (Å²) in [7, 11) is 1.61. The molecule has 7 nitrogen and oxygen atoms in total. The van der Waals surface area contributed by atoms with Gasteiger partial charge in [0.2, 0.25) is 5.91 Å². The van der Waals surface area contributed by atoms with E-state index in [9.17, 15) is 9.59 Å². The average molecular weight is 370 g/mol. The number of nitrogens with zero attached hydrogens (tertiary/aromatic N) is 3. The quantitative estimate of drug-likeness (QED) is 0.846. The van der Waals surface area contributed by atoms with Crippen molar-refractivity contribution in [3.63, 3.8) is 0 Å². The SMILES string of the molecule is Cc1cc(NC(=O)CN(C)C(=O)c2ccc(CN3CCCCC3)cc2)no1. The highest BCUT2D eigenvalue weighted by Crippen LogP contribution is 2.14. The minimum atomic E-state index is -0.319. The van der Waals surface area contributed by atoms with Crippen molar-refractivity contribution in [3.05, 3.63) is 47.2 Å². The number of likely N-dealkylation sites (N-methyl/N-ethyl adjacent to an activating group) is 1. The molecule has 0 bridgehead atoms. The van der Waals surface area contributed by atoms with Gasteiger partial charge in [0.25, 0.3) is 5.91 Å². The van der Waals surface area contributed by atoms with E-state index in [4.69, 9.17) is 4.52 Å². The molecule has 7 heteroatoms. The monoisotopic (exact) mass is 370 g/mol. The lowest BCUT2D eigenvalue weighted by atomic mass is 10.1. The van der Waals surface area contributed by atoms with Crippen LogP contribution in [0.5, 0.6) is 0 Å². The summed E-state index contributed by atoms with van der Waals surface area (Å²) in [4.78, 5) is 28.4. The summed E-state index contributed by atoms with van der Waals surface area (Å²) in [5.41, 5.74) is 1.78. The number of likely N-dealkylation sites (tertiary alicyclic amines) is 1. The molecule has 2 aromatic rings. The summed E-state index contributed by atoms with van der Waals surface area (Å²) in [6.45, 7) is 4.89. The van der Waals surface area contributed by atoms with Gasteiger partial charge in [0.1, 0.15) is 5.76 Å². The van der Waals surface area contributed by atoms with Crippen molar-refractivity contribution in [2.24, 2.45) is 0 Å². The molecular formula is C20H26N4O3. The molecule has 0 unspecified atom stereocenters. The number of carbonyl (C=O) groups excluding carboxylic acids is 2. The topological polar surface area (TPSA) is 78.7 Å². The van der Waals surface area contributed by atoms with E-state index in [2.05, 4.69) is 15.4 Å². The molecule has 1 aromatic heterocycles. The fraction of sp³-hybridized carbons (Fsp3) is 0.450. The van der Waals surface area contributed by atoms with Crippen LogP contribution in [0.25, 0.3) is 0 Å². The van der Waals surface area contributed by atoms with Gasteiger partial charge in [-0.15, -0.1) is 0 Å². The molecule has 1 aliphatic rings. The number of aryl methyl sites for hydroxylation is 1. The lowest BCUT2D eigenvalue weighted by molar-refractivity contribution is -0.116. The van der Waals surface area contributed by atoms with E-state index in [0.29, 0.717) is 17.1 Å². The van der Waals surface area contributed by atoms with Crippen LogP contribution in [0.3, 0.4) is 0 Å². The predicted octanol–water partition coefficient (Wildman–Crippen LogP) is 2.68. The highest BCUT2D eigenvalue weighted by molar-refractivity contribution is 5.98. The van der Waals surface area contributed by atoms with E-state index in [1.54, 1.807) is 20.0 Å². The molecule has 0 aliphatic carbocycles. The van der Waals surface area contributed by atoms with Crippen molar-refractivity contribution in [2.75, 3.05) is 32.0 Å². The van der Waals surface area contributed by atoms with E-state index >= 15 is 0 Å². The van der Waals surface area contributed by atoms with E-state index < -0.39 is 0 Å². The first-order chi connectivity index (χ1) is 13.0. The van der Waals surface area contributed by atoms with Crippen LogP contribution in [0.15, 0.2) is 34.9 Å². The molecule has 0 atom stereocenters. The van der Waals surface area contributed by atoms with Crippen molar-refractivity contribution in [2.45, 2.75) is 32.7 Å². The molecule has 1 aromatic carbocycles. The first-order valence-corrected chi connectivity index (χ1v) is 9.31. The molecule has 1 saturated heterocycles. The number of aromatic nitrogens is 1. The van der Waals surface area contributed by atoms with Crippen LogP contribution in [0, 0.1) is 6.92 Å². The van der Waals surface area contributed by atoms with Crippen LogP contribution in [0.2, 0.25) is 0 Å². The molecule has 27 heavy (non-hydrogen) atoms. The van der Waals surface area contributed by atoms with Crippen molar-refractivity contribution < 1.29 is 14.1 Å². The number of rotatable bonds is 6. The highest BCUT2D eigenvalue weighted by Gasteiger charge is 2.16. The molecular weight excluding hydrogens is 344 g/mol. The standard InChI is InChI=1S/C20H26N4O3/c1-15-12-18(22-27-15)21-19(25)14-23(2)20(26)17-8-6-16(7-9-17)13-24-10-4-3-5-11-24/h6-9,12H,3-5,10-11,13-14H2,1-2H3,(H,21,22,25). The second-order valence-electron chi connectivity index (χ2n) is 7.07. The maximum Gasteiger partial charge on any atom is 0.254 e. The number of anilines is 1. The highest BCUT2D eigenvalue weighted by atomic mass is 16.5. The summed E-state index contributed by atoms with van der Waals surface area (Å²) in [5.74, 6) is 0.451. The number of amides is 2. The Morgan fingerprint density at radius 3 is 2.52 bits per heavy atom. The number of hydrogen-bond donors (Lipinski definition) is 1. The number of benzene rings is 1. The zero-order chi connectivity index (χ0) is 19.2. The van der Waals surface area contributed by atoms with Gasteiger partial charge in [-0.3, -0.25) is 14.5 Å². The van der Waals surface area contributed by atoms with E-state index in [0.717, 1.165) is 19.6 Å². The minimum Gasteiger partial charge on any atom is -0.360 e. The zero-order valence-corrected chi connectivity index (χ0v) is 15.9. The van der Waals surface area contributed by atoms with Crippen molar-refractivity contribution in [3.8, 4) is 0 Å². The van der Waals surface area contributed by atoms with Crippen LogP contribution in [-0.2, 0) is 11.3 Å². The average Bonchev–Trinajstić information content (AvgIpc) is 3.07. The van der Waals surface area contributed by atoms with Gasteiger partial charge < -0.3 is 14.7 Å². The van der Waals surface area contributed by atoms with Gasteiger partial charge in [0.05, 0.1) is 6.54 Å². The number of carbonyl (C=O) groups is 2. The largest absolute Gasteiger partial charge is 0.360 e. The lowest BCUT2D eigenvalue weighted by Gasteiger charge is -2.26. The van der Waals surface area contributed by atoms with E-state index in [1.807, 2.05) is 24.3 Å². The molecule has 1 fully saturated rings. The Balaban J connectivity index is 1.52. The molecule has 0 saturated carbocycles. The molecule has 2 heterocycles. The number of nitrogens with one attached hydrogen (secondary N) is 1. The number of piperidine rings is 1. The fourth-order valence-corrected chi connectivity index (χ4v) is 3.24. The van der Waals surface area contributed by atoms with Crippen molar-refractivity contribution >= 4 is 17.6 Å². The molecule has 1 aliphatic heterocycles. The van der Waals surface area contributed by atoms with Gasteiger partial charge in [-0.1, -0.05) is 23.7 Å². The zero-order valence-electron chi connectivity index (χ0n) is 15.9. The third-order valence-electron chi connectivity index (χ3n) is 4.68. The van der Waals surface area contributed by atoms with Crippen LogP contribution >= 0.6 is 0 Å². The van der Waals surface area contributed by atoms with Gasteiger partial charge in [-0.25, -0.2) is 0 Å². The molecule has 1 N–H and O–H groups in total. The maximum absolute atomic E-state index is 12.5. The third kappa shape index (κ3) is 5.40. The molecule has 2 amide bonds. The normalized spacial score (nSPS) is 14.7. The van der Waals surface area contributed by atoms with Crippen LogP contribution in [0.1, 0.15) is 40.9 Å². The van der Waals surface area contributed by atoms with Gasteiger partial charge in [0, 0.05) is 25.2 Å². The van der Waals surface area contributed by atoms with Crippen LogP contribution in [0.4, 0.5) is 5.82 Å². The summed E-state index contributed by atoms with van der Waals surface area (Å²) >= 11 is 0. The molecule has 144 valence electrons. The minimum absolute atomic E-state index is 0.0553. The Hall–Kier alpha value is -2.67. The van der Waals surface area contributed by atoms with Gasteiger partial charge in [0.15, 0.2) is 5.82 Å². The number of hydrogen-bond acceptors (Lipinski definition) is 5. The predicted molar refractivity (Wildman–Crippen MR) is 102 cm³/mol. The fourth-order valence-electron chi connectivity index (χ4n) is 3.24. The second kappa shape index (κ2) is 8.81. The Morgan fingerprint density at radius 1 is 1.19 bits per heavy atom. The summed E-state index contributed by atoms with van der Waals surface area (Å²) in [5, 5.41) is 6.32. The van der Waals surface area contributed by atoms with Crippen molar-refractivity contribution in [1.82, 2.24) is 15.0 Å². The Labute approximate surface area is 159 Å². The lowest BCUT2D eigenvalue weighted by Crippen LogP contribution is -2.35.